The van der Waals surface area contributed by atoms with Gasteiger partial charge in [0.1, 0.15) is 0 Å². The van der Waals surface area contributed by atoms with Crippen molar-refractivity contribution in [2.24, 2.45) is 0 Å². The number of nitrogens with zero attached hydrogens (tertiary/aromatic N) is 6. The Kier molecular flexibility index (Phi) is 9.59. The number of aromatic nitrogens is 8. The lowest BCUT2D eigenvalue weighted by molar-refractivity contribution is 0.0787. The zero-order chi connectivity index (χ0) is 21.0. The number of rotatable bonds is 16. The van der Waals surface area contributed by atoms with Crippen LogP contribution < -0.4 is 0 Å². The molecule has 0 saturated carbocycles. The van der Waals surface area contributed by atoms with Crippen molar-refractivity contribution < 1.29 is 9.47 Å². The van der Waals surface area contributed by atoms with E-state index in [0.717, 1.165) is 83.0 Å². The van der Waals surface area contributed by atoms with Crippen LogP contribution in [-0.4, -0.2) is 67.7 Å². The first-order chi connectivity index (χ1) is 13.9. The molecule has 2 rings (SSSR count). The fourth-order valence-electron chi connectivity index (χ4n) is 3.14. The summed E-state index contributed by atoms with van der Waals surface area (Å²) >= 11 is 0. The van der Waals surface area contributed by atoms with E-state index < -0.39 is 0 Å². The Morgan fingerprint density at radius 1 is 0.621 bits per heavy atom. The van der Waals surface area contributed by atoms with Crippen molar-refractivity contribution in [2.45, 2.75) is 83.5 Å². The van der Waals surface area contributed by atoms with Gasteiger partial charge in [-0.1, -0.05) is 40.5 Å². The molecule has 0 aliphatic rings. The Morgan fingerprint density at radius 3 is 1.41 bits per heavy atom. The summed E-state index contributed by atoms with van der Waals surface area (Å²) in [6.45, 7) is 11.7. The Hall–Kier alpha value is -1.94. The first-order valence-corrected chi connectivity index (χ1v) is 10.6. The van der Waals surface area contributed by atoms with Crippen molar-refractivity contribution in [3.8, 4) is 0 Å². The maximum Gasteiger partial charge on any atom is 0.154 e. The highest BCUT2D eigenvalue weighted by molar-refractivity contribution is 4.99. The molecule has 164 valence electrons. The fourth-order valence-corrected chi connectivity index (χ4v) is 3.14. The highest BCUT2D eigenvalue weighted by atomic mass is 16.5. The van der Waals surface area contributed by atoms with E-state index in [4.69, 9.17) is 9.47 Å². The van der Waals surface area contributed by atoms with Gasteiger partial charge in [-0.3, -0.25) is 0 Å². The molecule has 0 amide bonds. The molecular formula is C19H36N8O2. The van der Waals surface area contributed by atoms with E-state index in [-0.39, 0.29) is 10.8 Å². The number of hydrogen-bond donors (Lipinski definition) is 2. The van der Waals surface area contributed by atoms with Crippen LogP contribution in [0, 0.1) is 0 Å². The molecule has 0 unspecified atom stereocenters. The number of unbranched alkanes of at least 4 members (excludes halogenated alkanes) is 2. The van der Waals surface area contributed by atoms with Crippen LogP contribution in [0.25, 0.3) is 0 Å². The quantitative estimate of drug-likeness (QED) is 0.406. The second kappa shape index (κ2) is 11.9. The average molecular weight is 409 g/mol. The van der Waals surface area contributed by atoms with E-state index in [9.17, 15) is 0 Å². The number of hydrogen-bond acceptors (Lipinski definition) is 8. The molecule has 0 bridgehead atoms. The van der Waals surface area contributed by atoms with Crippen molar-refractivity contribution in [3.63, 3.8) is 0 Å². The molecule has 0 aliphatic carbocycles. The lowest BCUT2D eigenvalue weighted by Crippen LogP contribution is -2.19. The Labute approximate surface area is 172 Å². The minimum atomic E-state index is -0.0295. The Bertz CT molecular complexity index is 587. The summed E-state index contributed by atoms with van der Waals surface area (Å²) in [6, 6.07) is 0. The van der Waals surface area contributed by atoms with Crippen molar-refractivity contribution >= 4 is 0 Å². The first-order valence-electron chi connectivity index (χ1n) is 10.6. The summed E-state index contributed by atoms with van der Waals surface area (Å²) in [4.78, 5) is 0. The summed E-state index contributed by atoms with van der Waals surface area (Å²) < 4.78 is 11.4. The van der Waals surface area contributed by atoms with E-state index in [0.29, 0.717) is 0 Å². The molecule has 0 atom stereocenters. The average Bonchev–Trinajstić information content (AvgIpc) is 3.39. The standard InChI is InChI=1S/C19H36N8O2/c1-18(2,16-20-24-25-21-16)10-5-7-12-28-14-9-15-29-13-8-6-11-19(3,4)17-22-26-27-23-17/h5-15H2,1-4H3,(H,20,21,24,25)(H,22,23,26,27). The van der Waals surface area contributed by atoms with Crippen LogP contribution in [0.2, 0.25) is 0 Å². The summed E-state index contributed by atoms with van der Waals surface area (Å²) in [7, 11) is 0. The van der Waals surface area contributed by atoms with Crippen LogP contribution in [0.3, 0.4) is 0 Å². The summed E-state index contributed by atoms with van der Waals surface area (Å²) in [5.41, 5.74) is -0.0589. The zero-order valence-corrected chi connectivity index (χ0v) is 18.3. The third-order valence-electron chi connectivity index (χ3n) is 5.23. The molecule has 2 aromatic rings. The summed E-state index contributed by atoms with van der Waals surface area (Å²) in [5.74, 6) is 1.68. The minimum absolute atomic E-state index is 0.0295. The molecule has 0 radical (unpaired) electrons. The monoisotopic (exact) mass is 408 g/mol. The molecule has 0 aromatic carbocycles. The first kappa shape index (κ1) is 23.3. The van der Waals surface area contributed by atoms with Gasteiger partial charge in [-0.25, -0.2) is 10.2 Å². The normalized spacial score (nSPS) is 12.6. The lowest BCUT2D eigenvalue weighted by Gasteiger charge is -2.20. The minimum Gasteiger partial charge on any atom is -0.381 e. The van der Waals surface area contributed by atoms with Gasteiger partial charge < -0.3 is 9.47 Å². The van der Waals surface area contributed by atoms with Gasteiger partial charge in [0, 0.05) is 37.3 Å². The highest BCUT2D eigenvalue weighted by Crippen LogP contribution is 2.26. The van der Waals surface area contributed by atoms with Crippen LogP contribution >= 0.6 is 0 Å². The van der Waals surface area contributed by atoms with Crippen molar-refractivity contribution in [3.05, 3.63) is 11.6 Å². The van der Waals surface area contributed by atoms with Gasteiger partial charge in [0.05, 0.1) is 0 Å². The second-order valence-corrected chi connectivity index (χ2v) is 8.76. The van der Waals surface area contributed by atoms with Gasteiger partial charge in [-0.15, -0.1) is 10.2 Å². The molecule has 0 saturated heterocycles. The van der Waals surface area contributed by atoms with E-state index in [2.05, 4.69) is 68.9 Å². The van der Waals surface area contributed by atoms with E-state index in [1.54, 1.807) is 0 Å². The van der Waals surface area contributed by atoms with Crippen LogP contribution in [0.15, 0.2) is 0 Å². The SMILES string of the molecule is CC(C)(CCCCOCCCOCCCCC(C)(C)c1nnn[nH]1)c1nnn[nH]1. The topological polar surface area (TPSA) is 127 Å². The van der Waals surface area contributed by atoms with E-state index in [1.807, 2.05) is 0 Å². The molecule has 10 nitrogen and oxygen atoms in total. The number of nitrogens with one attached hydrogen (secondary N) is 2. The van der Waals surface area contributed by atoms with Gasteiger partial charge in [0.25, 0.3) is 0 Å². The maximum atomic E-state index is 5.70. The lowest BCUT2D eigenvalue weighted by atomic mass is 9.86. The molecule has 0 spiro atoms. The number of aromatic amines is 2. The third-order valence-corrected chi connectivity index (χ3v) is 5.23. The van der Waals surface area contributed by atoms with Crippen molar-refractivity contribution in [2.75, 3.05) is 26.4 Å². The Morgan fingerprint density at radius 2 is 1.03 bits per heavy atom. The number of ether oxygens (including phenoxy) is 2. The molecule has 2 heterocycles. The van der Waals surface area contributed by atoms with E-state index in [1.165, 1.54) is 0 Å². The van der Waals surface area contributed by atoms with Gasteiger partial charge in [-0.05, 0) is 53.0 Å². The van der Waals surface area contributed by atoms with Crippen LogP contribution in [-0.2, 0) is 20.3 Å². The molecule has 0 aliphatic heterocycles. The molecule has 29 heavy (non-hydrogen) atoms. The fraction of sp³-hybridized carbons (Fsp3) is 0.895. The zero-order valence-electron chi connectivity index (χ0n) is 18.3. The number of tetrazole rings is 2. The predicted octanol–water partition coefficient (Wildman–Crippen LogP) is 2.73. The smallest absolute Gasteiger partial charge is 0.154 e. The Balaban J connectivity index is 1.37. The summed E-state index contributed by atoms with van der Waals surface area (Å²) in [6.07, 6.45) is 7.25. The van der Waals surface area contributed by atoms with Crippen LogP contribution in [0.5, 0.6) is 0 Å². The van der Waals surface area contributed by atoms with Gasteiger partial charge in [0.2, 0.25) is 0 Å². The third kappa shape index (κ3) is 8.53. The maximum absolute atomic E-state index is 5.70. The highest BCUT2D eigenvalue weighted by Gasteiger charge is 2.24. The number of H-pyrrole nitrogens is 2. The van der Waals surface area contributed by atoms with Crippen molar-refractivity contribution in [1.29, 1.82) is 0 Å². The molecule has 10 heteroatoms. The summed E-state index contributed by atoms with van der Waals surface area (Å²) in [5, 5.41) is 28.4. The largest absolute Gasteiger partial charge is 0.381 e. The van der Waals surface area contributed by atoms with Gasteiger partial charge in [-0.2, -0.15) is 0 Å². The van der Waals surface area contributed by atoms with Gasteiger partial charge in [0.15, 0.2) is 11.6 Å². The molecule has 2 N–H and O–H groups in total. The van der Waals surface area contributed by atoms with Crippen LogP contribution in [0.4, 0.5) is 0 Å². The second-order valence-electron chi connectivity index (χ2n) is 8.76. The van der Waals surface area contributed by atoms with Gasteiger partial charge >= 0.3 is 0 Å². The predicted molar refractivity (Wildman–Crippen MR) is 108 cm³/mol. The van der Waals surface area contributed by atoms with Crippen molar-refractivity contribution in [1.82, 2.24) is 41.2 Å². The molecule has 0 fully saturated rings. The van der Waals surface area contributed by atoms with E-state index >= 15 is 0 Å². The van der Waals surface area contributed by atoms with Crippen LogP contribution in [0.1, 0.15) is 84.3 Å². The molecule has 2 aromatic heterocycles. The molecular weight excluding hydrogens is 372 g/mol.